The maximum Gasteiger partial charge on any atom is 0.179 e. The monoisotopic (exact) mass is 357 g/mol. The molecular formula is C20H27N3O3. The summed E-state index contributed by atoms with van der Waals surface area (Å²) in [6.07, 6.45) is 5.96. The van der Waals surface area contributed by atoms with Gasteiger partial charge < -0.3 is 9.84 Å². The molecule has 2 aromatic rings. The van der Waals surface area contributed by atoms with E-state index in [-0.39, 0.29) is 18.6 Å². The van der Waals surface area contributed by atoms with Gasteiger partial charge in [-0.3, -0.25) is 9.69 Å². The molecule has 1 aromatic heterocycles. The molecule has 2 atom stereocenters. The Hall–Kier alpha value is -2.02. The highest BCUT2D eigenvalue weighted by atomic mass is 16.5. The molecule has 0 spiro atoms. The van der Waals surface area contributed by atoms with Crippen LogP contribution >= 0.6 is 0 Å². The van der Waals surface area contributed by atoms with E-state index < -0.39 is 6.10 Å². The number of aliphatic hydroxyl groups excluding tert-OH is 1. The maximum atomic E-state index is 12.7. The maximum absolute atomic E-state index is 12.7. The zero-order valence-corrected chi connectivity index (χ0v) is 15.3. The standard InChI is InChI=1S/C20H27N3O3/c1-16(24)12-22(13-17-7-3-2-4-8-17)15-19(25)18-11-21-23(14-18)20-9-5-6-10-26-20/h2-4,7-8,11,14,16,20,24H,5-6,9-10,12-13,15H2,1H3. The van der Waals surface area contributed by atoms with Crippen molar-refractivity contribution >= 4 is 5.78 Å². The fourth-order valence-corrected chi connectivity index (χ4v) is 3.27. The van der Waals surface area contributed by atoms with E-state index in [1.165, 1.54) is 0 Å². The Labute approximate surface area is 154 Å². The van der Waals surface area contributed by atoms with Crippen molar-refractivity contribution in [2.24, 2.45) is 0 Å². The number of benzene rings is 1. The highest BCUT2D eigenvalue weighted by molar-refractivity contribution is 5.97. The van der Waals surface area contributed by atoms with E-state index >= 15 is 0 Å². The van der Waals surface area contributed by atoms with E-state index in [9.17, 15) is 9.90 Å². The average Bonchev–Trinajstić information content (AvgIpc) is 3.13. The van der Waals surface area contributed by atoms with Gasteiger partial charge >= 0.3 is 0 Å². The van der Waals surface area contributed by atoms with Gasteiger partial charge in [0.05, 0.1) is 24.4 Å². The second kappa shape index (κ2) is 9.07. The Morgan fingerprint density at radius 3 is 2.88 bits per heavy atom. The lowest BCUT2D eigenvalue weighted by molar-refractivity contribution is -0.0395. The van der Waals surface area contributed by atoms with Crippen LogP contribution in [0.3, 0.4) is 0 Å². The third-order valence-electron chi connectivity index (χ3n) is 4.51. The molecule has 6 nitrogen and oxygen atoms in total. The normalized spacial score (nSPS) is 18.8. The summed E-state index contributed by atoms with van der Waals surface area (Å²) in [4.78, 5) is 14.7. The first-order valence-electron chi connectivity index (χ1n) is 9.25. The van der Waals surface area contributed by atoms with Crippen LogP contribution in [0.2, 0.25) is 0 Å². The second-order valence-electron chi connectivity index (χ2n) is 6.96. The highest BCUT2D eigenvalue weighted by Crippen LogP contribution is 2.22. The molecule has 1 fully saturated rings. The molecule has 6 heteroatoms. The highest BCUT2D eigenvalue weighted by Gasteiger charge is 2.20. The first kappa shape index (κ1) is 18.8. The number of carbonyl (C=O) groups is 1. The fourth-order valence-electron chi connectivity index (χ4n) is 3.27. The lowest BCUT2D eigenvalue weighted by Crippen LogP contribution is -2.35. The van der Waals surface area contributed by atoms with Crippen LogP contribution in [0.4, 0.5) is 0 Å². The Bertz CT molecular complexity index is 693. The minimum atomic E-state index is -0.495. The van der Waals surface area contributed by atoms with Crippen LogP contribution in [0, 0.1) is 0 Å². The van der Waals surface area contributed by atoms with Gasteiger partial charge in [-0.1, -0.05) is 30.3 Å². The van der Waals surface area contributed by atoms with Gasteiger partial charge in [0.2, 0.25) is 0 Å². The number of ether oxygens (including phenoxy) is 1. The fraction of sp³-hybridized carbons (Fsp3) is 0.500. The van der Waals surface area contributed by atoms with E-state index in [0.717, 1.165) is 31.4 Å². The zero-order chi connectivity index (χ0) is 18.4. The third-order valence-corrected chi connectivity index (χ3v) is 4.51. The van der Waals surface area contributed by atoms with E-state index in [4.69, 9.17) is 4.74 Å². The van der Waals surface area contributed by atoms with Crippen LogP contribution in [-0.2, 0) is 11.3 Å². The predicted octanol–water partition coefficient (Wildman–Crippen LogP) is 2.65. The molecule has 26 heavy (non-hydrogen) atoms. The Morgan fingerprint density at radius 1 is 1.38 bits per heavy atom. The molecule has 2 unspecified atom stereocenters. The number of hydrogen-bond acceptors (Lipinski definition) is 5. The summed E-state index contributed by atoms with van der Waals surface area (Å²) < 4.78 is 7.47. The van der Waals surface area contributed by atoms with Gasteiger partial charge in [-0.05, 0) is 31.7 Å². The molecule has 1 saturated heterocycles. The summed E-state index contributed by atoms with van der Waals surface area (Å²) in [5, 5.41) is 14.1. The first-order chi connectivity index (χ1) is 12.6. The first-order valence-corrected chi connectivity index (χ1v) is 9.25. The minimum Gasteiger partial charge on any atom is -0.392 e. The van der Waals surface area contributed by atoms with Crippen molar-refractivity contribution in [3.05, 3.63) is 53.9 Å². The Kier molecular flexibility index (Phi) is 6.55. The van der Waals surface area contributed by atoms with Gasteiger partial charge in [-0.25, -0.2) is 4.68 Å². The minimum absolute atomic E-state index is 0.00337. The van der Waals surface area contributed by atoms with Crippen LogP contribution in [0.15, 0.2) is 42.7 Å². The summed E-state index contributed by atoms with van der Waals surface area (Å²) in [5.74, 6) is 0.00337. The molecule has 1 aromatic carbocycles. The molecule has 2 heterocycles. The molecule has 3 rings (SSSR count). The Balaban J connectivity index is 1.64. The molecule has 1 N–H and O–H groups in total. The van der Waals surface area contributed by atoms with Crippen molar-refractivity contribution in [1.29, 1.82) is 0 Å². The molecule has 1 aliphatic rings. The van der Waals surface area contributed by atoms with Gasteiger partial charge in [0.25, 0.3) is 0 Å². The van der Waals surface area contributed by atoms with Crippen molar-refractivity contribution in [1.82, 2.24) is 14.7 Å². The van der Waals surface area contributed by atoms with Crippen molar-refractivity contribution in [3.8, 4) is 0 Å². The quantitative estimate of drug-likeness (QED) is 0.736. The number of hydrogen-bond donors (Lipinski definition) is 1. The van der Waals surface area contributed by atoms with Crippen LogP contribution in [0.25, 0.3) is 0 Å². The van der Waals surface area contributed by atoms with Gasteiger partial charge in [0.1, 0.15) is 6.23 Å². The molecular weight excluding hydrogens is 330 g/mol. The molecule has 0 bridgehead atoms. The van der Waals surface area contributed by atoms with Crippen molar-refractivity contribution < 1.29 is 14.6 Å². The van der Waals surface area contributed by atoms with Gasteiger partial charge in [-0.15, -0.1) is 0 Å². The average molecular weight is 357 g/mol. The largest absolute Gasteiger partial charge is 0.392 e. The smallest absolute Gasteiger partial charge is 0.179 e. The van der Waals surface area contributed by atoms with Crippen molar-refractivity contribution in [3.63, 3.8) is 0 Å². The van der Waals surface area contributed by atoms with Crippen LogP contribution in [-0.4, -0.2) is 51.4 Å². The third kappa shape index (κ3) is 5.24. The number of nitrogens with zero attached hydrogens (tertiary/aromatic N) is 3. The number of aliphatic hydroxyl groups is 1. The number of ketones is 1. The summed E-state index contributed by atoms with van der Waals surface area (Å²) in [7, 11) is 0. The van der Waals surface area contributed by atoms with E-state index in [1.807, 2.05) is 35.2 Å². The van der Waals surface area contributed by atoms with Crippen molar-refractivity contribution in [2.45, 2.75) is 45.1 Å². The Morgan fingerprint density at radius 2 is 2.19 bits per heavy atom. The predicted molar refractivity (Wildman–Crippen MR) is 98.8 cm³/mol. The number of aromatic nitrogens is 2. The van der Waals surface area contributed by atoms with E-state index in [1.54, 1.807) is 24.0 Å². The SMILES string of the molecule is CC(O)CN(CC(=O)c1cnn(C2CCCCO2)c1)Cc1ccccc1. The number of rotatable bonds is 8. The molecule has 0 saturated carbocycles. The van der Waals surface area contributed by atoms with Gasteiger partial charge in [-0.2, -0.15) is 5.10 Å². The van der Waals surface area contributed by atoms with E-state index in [2.05, 4.69) is 5.10 Å². The molecule has 0 radical (unpaired) electrons. The second-order valence-corrected chi connectivity index (χ2v) is 6.96. The van der Waals surface area contributed by atoms with Crippen LogP contribution in [0.1, 0.15) is 48.3 Å². The van der Waals surface area contributed by atoms with Gasteiger partial charge in [0.15, 0.2) is 5.78 Å². The number of Topliss-reactive ketones (excluding diaryl/α,β-unsaturated/α-hetero) is 1. The van der Waals surface area contributed by atoms with Crippen molar-refractivity contribution in [2.75, 3.05) is 19.7 Å². The zero-order valence-electron chi connectivity index (χ0n) is 15.3. The van der Waals surface area contributed by atoms with E-state index in [0.29, 0.717) is 18.7 Å². The summed E-state index contributed by atoms with van der Waals surface area (Å²) in [6.45, 7) is 3.79. The molecule has 0 amide bonds. The lowest BCUT2D eigenvalue weighted by Gasteiger charge is -2.23. The summed E-state index contributed by atoms with van der Waals surface area (Å²) in [5.41, 5.74) is 1.70. The molecule has 140 valence electrons. The number of carbonyl (C=O) groups excluding carboxylic acids is 1. The van der Waals surface area contributed by atoms with Crippen LogP contribution in [0.5, 0.6) is 0 Å². The molecule has 0 aliphatic carbocycles. The molecule has 1 aliphatic heterocycles. The summed E-state index contributed by atoms with van der Waals surface area (Å²) >= 11 is 0. The van der Waals surface area contributed by atoms with Gasteiger partial charge in [0, 0.05) is 25.9 Å². The van der Waals surface area contributed by atoms with Crippen LogP contribution < -0.4 is 0 Å². The lowest BCUT2D eigenvalue weighted by atomic mass is 10.1. The summed E-state index contributed by atoms with van der Waals surface area (Å²) in [6, 6.07) is 9.98. The topological polar surface area (TPSA) is 67.6 Å².